The van der Waals surface area contributed by atoms with Crippen LogP contribution in [0.25, 0.3) is 0 Å². The van der Waals surface area contributed by atoms with Crippen LogP contribution in [0, 0.1) is 19.8 Å². The van der Waals surface area contributed by atoms with Gasteiger partial charge in [-0.05, 0) is 44.6 Å². The normalized spacial score (nSPS) is 16.3. The van der Waals surface area contributed by atoms with Crippen molar-refractivity contribution in [3.8, 4) is 0 Å². The molecule has 2 aromatic rings. The molecule has 1 amide bonds. The number of aromatic nitrogens is 2. The topological polar surface area (TPSA) is 86.3 Å². The molecule has 2 heterocycles. The molecule has 6 heteroatoms. The van der Waals surface area contributed by atoms with Gasteiger partial charge in [0.25, 0.3) is 5.56 Å². The lowest BCUT2D eigenvalue weighted by molar-refractivity contribution is -0.133. The zero-order valence-corrected chi connectivity index (χ0v) is 15.9. The van der Waals surface area contributed by atoms with Gasteiger partial charge in [-0.3, -0.25) is 9.59 Å². The van der Waals surface area contributed by atoms with Gasteiger partial charge in [0.1, 0.15) is 5.82 Å². The highest BCUT2D eigenvalue weighted by Gasteiger charge is 2.28. The number of aliphatic hydroxyl groups excluding tert-OH is 1. The van der Waals surface area contributed by atoms with E-state index in [4.69, 9.17) is 0 Å². The molecule has 27 heavy (non-hydrogen) atoms. The molecular formula is C21H27N3O3. The Labute approximate surface area is 159 Å². The first-order valence-electron chi connectivity index (χ1n) is 9.53. The quantitative estimate of drug-likeness (QED) is 0.847. The van der Waals surface area contributed by atoms with Gasteiger partial charge in [-0.1, -0.05) is 30.3 Å². The second-order valence-electron chi connectivity index (χ2n) is 7.29. The number of nitrogens with one attached hydrogen (secondary N) is 1. The van der Waals surface area contributed by atoms with Crippen LogP contribution in [0.4, 0.5) is 0 Å². The summed E-state index contributed by atoms with van der Waals surface area (Å²) < 4.78 is 0. The van der Waals surface area contributed by atoms with E-state index in [-0.39, 0.29) is 17.4 Å². The standard InChI is InChI=1S/C21H27N3O3/c1-14-18(21(27)23-15(2)22-14)8-9-19(25)24-12-10-17(11-13-24)20(26)16-6-4-3-5-7-16/h3-7,17,20,26H,8-13H2,1-2H3,(H,22,23,27)/t20-/m0/s1. The maximum Gasteiger partial charge on any atom is 0.254 e. The Morgan fingerprint density at radius 1 is 1.26 bits per heavy atom. The van der Waals surface area contributed by atoms with Gasteiger partial charge in [0.05, 0.1) is 6.10 Å². The van der Waals surface area contributed by atoms with Gasteiger partial charge in [0, 0.05) is 30.8 Å². The minimum absolute atomic E-state index is 0.0574. The van der Waals surface area contributed by atoms with E-state index >= 15 is 0 Å². The van der Waals surface area contributed by atoms with E-state index in [1.54, 1.807) is 13.8 Å². The number of hydrogen-bond acceptors (Lipinski definition) is 4. The summed E-state index contributed by atoms with van der Waals surface area (Å²) in [5.41, 5.74) is 2.05. The number of aromatic amines is 1. The van der Waals surface area contributed by atoms with Crippen LogP contribution < -0.4 is 5.56 Å². The number of hydrogen-bond donors (Lipinski definition) is 2. The SMILES string of the molecule is Cc1nc(C)c(CCC(=O)N2CCC([C@@H](O)c3ccccc3)CC2)c(=O)[nH]1. The highest BCUT2D eigenvalue weighted by Crippen LogP contribution is 2.30. The number of piperidine rings is 1. The van der Waals surface area contributed by atoms with Crippen LogP contribution in [0.3, 0.4) is 0 Å². The monoisotopic (exact) mass is 369 g/mol. The first-order chi connectivity index (χ1) is 13.0. The first-order valence-corrected chi connectivity index (χ1v) is 9.53. The van der Waals surface area contributed by atoms with Crippen LogP contribution in [0.1, 0.15) is 48.0 Å². The Hall–Kier alpha value is -2.47. The van der Waals surface area contributed by atoms with E-state index in [2.05, 4.69) is 9.97 Å². The largest absolute Gasteiger partial charge is 0.388 e. The summed E-state index contributed by atoms with van der Waals surface area (Å²) in [7, 11) is 0. The molecule has 0 aliphatic carbocycles. The Morgan fingerprint density at radius 3 is 2.56 bits per heavy atom. The van der Waals surface area contributed by atoms with Crippen LogP contribution in [-0.4, -0.2) is 39.0 Å². The third kappa shape index (κ3) is 4.63. The Kier molecular flexibility index (Phi) is 6.06. The predicted octanol–water partition coefficient (Wildman–Crippen LogP) is 2.29. The fourth-order valence-corrected chi connectivity index (χ4v) is 3.82. The van der Waals surface area contributed by atoms with Crippen molar-refractivity contribution >= 4 is 5.91 Å². The van der Waals surface area contributed by atoms with E-state index in [1.807, 2.05) is 35.2 Å². The van der Waals surface area contributed by atoms with Crippen LogP contribution in [0.15, 0.2) is 35.1 Å². The number of rotatable bonds is 5. The number of H-pyrrole nitrogens is 1. The molecule has 3 rings (SSSR count). The van der Waals surface area contributed by atoms with Gasteiger partial charge in [0.15, 0.2) is 0 Å². The summed E-state index contributed by atoms with van der Waals surface area (Å²) in [6, 6.07) is 9.69. The third-order valence-electron chi connectivity index (χ3n) is 5.41. The maximum absolute atomic E-state index is 12.5. The van der Waals surface area contributed by atoms with Crippen molar-refractivity contribution in [2.75, 3.05) is 13.1 Å². The van der Waals surface area contributed by atoms with Crippen molar-refractivity contribution < 1.29 is 9.90 Å². The van der Waals surface area contributed by atoms with Gasteiger partial charge in [-0.25, -0.2) is 4.98 Å². The van der Waals surface area contributed by atoms with Gasteiger partial charge < -0.3 is 15.0 Å². The lowest BCUT2D eigenvalue weighted by Gasteiger charge is -2.34. The Balaban J connectivity index is 1.52. The molecule has 0 spiro atoms. The van der Waals surface area contributed by atoms with E-state index in [0.717, 1.165) is 18.4 Å². The molecule has 1 saturated heterocycles. The zero-order valence-electron chi connectivity index (χ0n) is 15.9. The summed E-state index contributed by atoms with van der Waals surface area (Å²) in [6.45, 7) is 4.85. The number of aliphatic hydroxyl groups is 1. The van der Waals surface area contributed by atoms with Crippen LogP contribution >= 0.6 is 0 Å². The van der Waals surface area contributed by atoms with Crippen molar-refractivity contribution in [2.45, 2.75) is 45.6 Å². The van der Waals surface area contributed by atoms with Gasteiger partial charge in [-0.2, -0.15) is 0 Å². The molecule has 1 fully saturated rings. The summed E-state index contributed by atoms with van der Waals surface area (Å²) >= 11 is 0. The molecule has 6 nitrogen and oxygen atoms in total. The van der Waals surface area contributed by atoms with Crippen molar-refractivity contribution in [3.05, 3.63) is 63.3 Å². The summed E-state index contributed by atoms with van der Waals surface area (Å²) in [4.78, 5) is 33.4. The number of benzene rings is 1. The van der Waals surface area contributed by atoms with Gasteiger partial charge >= 0.3 is 0 Å². The number of nitrogens with zero attached hydrogens (tertiary/aromatic N) is 2. The molecule has 1 aliphatic heterocycles. The number of aryl methyl sites for hydroxylation is 2. The van der Waals surface area contributed by atoms with E-state index < -0.39 is 6.10 Å². The van der Waals surface area contributed by atoms with E-state index in [9.17, 15) is 14.7 Å². The number of carbonyl (C=O) groups is 1. The van der Waals surface area contributed by atoms with Crippen LogP contribution in [0.5, 0.6) is 0 Å². The molecule has 0 unspecified atom stereocenters. The molecule has 1 aromatic heterocycles. The van der Waals surface area contributed by atoms with Crippen molar-refractivity contribution in [1.29, 1.82) is 0 Å². The van der Waals surface area contributed by atoms with E-state index in [0.29, 0.717) is 43.0 Å². The summed E-state index contributed by atoms with van der Waals surface area (Å²) in [5, 5.41) is 10.6. The summed E-state index contributed by atoms with van der Waals surface area (Å²) in [6.07, 6.45) is 1.80. The number of carbonyl (C=O) groups excluding carboxylic acids is 1. The van der Waals surface area contributed by atoms with Crippen LogP contribution in [0.2, 0.25) is 0 Å². The van der Waals surface area contributed by atoms with Crippen molar-refractivity contribution in [3.63, 3.8) is 0 Å². The highest BCUT2D eigenvalue weighted by molar-refractivity contribution is 5.76. The molecular weight excluding hydrogens is 342 g/mol. The zero-order chi connectivity index (χ0) is 19.4. The second kappa shape index (κ2) is 8.48. The molecule has 1 atom stereocenters. The third-order valence-corrected chi connectivity index (χ3v) is 5.41. The second-order valence-corrected chi connectivity index (χ2v) is 7.29. The molecule has 2 N–H and O–H groups in total. The Morgan fingerprint density at radius 2 is 1.93 bits per heavy atom. The van der Waals surface area contributed by atoms with Crippen LogP contribution in [-0.2, 0) is 11.2 Å². The lowest BCUT2D eigenvalue weighted by Crippen LogP contribution is -2.40. The van der Waals surface area contributed by atoms with Gasteiger partial charge in [-0.15, -0.1) is 0 Å². The molecule has 0 saturated carbocycles. The summed E-state index contributed by atoms with van der Waals surface area (Å²) in [5.74, 6) is 0.816. The minimum Gasteiger partial charge on any atom is -0.388 e. The molecule has 144 valence electrons. The molecule has 1 aliphatic rings. The molecule has 0 bridgehead atoms. The lowest BCUT2D eigenvalue weighted by atomic mass is 9.87. The van der Waals surface area contributed by atoms with Crippen molar-refractivity contribution in [1.82, 2.24) is 14.9 Å². The smallest absolute Gasteiger partial charge is 0.254 e. The Bertz CT molecular complexity index is 839. The average molecular weight is 369 g/mol. The van der Waals surface area contributed by atoms with Gasteiger partial charge in [0.2, 0.25) is 5.91 Å². The fraction of sp³-hybridized carbons (Fsp3) is 0.476. The molecule has 1 aromatic carbocycles. The number of likely N-dealkylation sites (tertiary alicyclic amines) is 1. The van der Waals surface area contributed by atoms with E-state index in [1.165, 1.54) is 0 Å². The number of amides is 1. The predicted molar refractivity (Wildman–Crippen MR) is 103 cm³/mol. The highest BCUT2D eigenvalue weighted by atomic mass is 16.3. The molecule has 0 radical (unpaired) electrons. The van der Waals surface area contributed by atoms with Crippen molar-refractivity contribution in [2.24, 2.45) is 5.92 Å². The minimum atomic E-state index is -0.483. The average Bonchev–Trinajstić information content (AvgIpc) is 2.67. The first kappa shape index (κ1) is 19.3. The fourth-order valence-electron chi connectivity index (χ4n) is 3.82. The maximum atomic E-state index is 12.5.